The molecule has 1 aliphatic heterocycles. The second-order valence-corrected chi connectivity index (χ2v) is 10.3. The van der Waals surface area contributed by atoms with Crippen LogP contribution in [0.4, 0.5) is 5.82 Å². The van der Waals surface area contributed by atoms with E-state index in [9.17, 15) is 9.90 Å². The highest BCUT2D eigenvalue weighted by Crippen LogP contribution is 2.38. The lowest BCUT2D eigenvalue weighted by molar-refractivity contribution is -0.125. The molecule has 1 aliphatic rings. The molecular weight excluding hydrogens is 500 g/mol. The number of nitrogens with zero attached hydrogens (tertiary/aromatic N) is 5. The lowest BCUT2D eigenvalue weighted by Crippen LogP contribution is -2.42. The summed E-state index contributed by atoms with van der Waals surface area (Å²) in [6, 6.07) is 5.33. The van der Waals surface area contributed by atoms with Gasteiger partial charge in [0.05, 0.1) is 33.5 Å². The minimum Gasteiger partial charge on any atom is -0.392 e. The van der Waals surface area contributed by atoms with Crippen LogP contribution in [0.15, 0.2) is 40.6 Å². The van der Waals surface area contributed by atoms with Gasteiger partial charge in [-0.3, -0.25) is 14.8 Å². The van der Waals surface area contributed by atoms with Crippen LogP contribution >= 0.6 is 23.4 Å². The van der Waals surface area contributed by atoms with Gasteiger partial charge in [0.25, 0.3) is 0 Å². The fourth-order valence-electron chi connectivity index (χ4n) is 4.34. The normalized spacial score (nSPS) is 18.8. The van der Waals surface area contributed by atoms with Gasteiger partial charge in [-0.1, -0.05) is 18.5 Å². The molecule has 0 aliphatic carbocycles. The van der Waals surface area contributed by atoms with Crippen molar-refractivity contribution in [3.05, 3.63) is 41.3 Å². The summed E-state index contributed by atoms with van der Waals surface area (Å²) >= 11 is 8.12. The van der Waals surface area contributed by atoms with Gasteiger partial charge in [-0.15, -0.1) is 0 Å². The number of aryl methyl sites for hydroxylation is 1. The summed E-state index contributed by atoms with van der Waals surface area (Å²) in [6.07, 6.45) is 3.59. The monoisotopic (exact) mass is 526 g/mol. The maximum Gasteiger partial charge on any atom is 0.226 e. The van der Waals surface area contributed by atoms with Crippen molar-refractivity contribution in [2.24, 2.45) is 11.7 Å². The molecule has 0 aromatic carbocycles. The number of fused-ring (bicyclic) bond motifs is 2. The van der Waals surface area contributed by atoms with Gasteiger partial charge in [-0.05, 0) is 43.3 Å². The van der Waals surface area contributed by atoms with Gasteiger partial charge in [0.2, 0.25) is 5.91 Å². The van der Waals surface area contributed by atoms with Gasteiger partial charge in [0, 0.05) is 48.7 Å². The van der Waals surface area contributed by atoms with E-state index >= 15 is 0 Å². The fraction of sp³-hybridized carbons (Fsp3) is 0.375. The molecule has 3 atom stereocenters. The number of carbonyl (C=O) groups excluding carboxylic acids is 1. The molecule has 5 rings (SSSR count). The van der Waals surface area contributed by atoms with Crippen molar-refractivity contribution in [2.75, 3.05) is 24.5 Å². The number of amides is 1. The number of H-pyrrole nitrogens is 1. The van der Waals surface area contributed by atoms with Crippen LogP contribution < -0.4 is 16.0 Å². The van der Waals surface area contributed by atoms with Crippen LogP contribution in [0.3, 0.4) is 0 Å². The van der Waals surface area contributed by atoms with Crippen LogP contribution in [0.5, 0.6) is 0 Å². The van der Waals surface area contributed by atoms with Crippen LogP contribution in [0.25, 0.3) is 22.1 Å². The standard InChI is InChI=1S/C24H27ClN8O2S/c1-3-16-20(25)19-21(30-16)31-24(36-13-7-18-17(28-9-13)5-4-6-27-18)32-22(19)33-10-14(15(26)11-33)23(35)29-8-12(2)34/h4-7,9,12,14-15,34H,3,8,10-11,26H2,1-2H3,(H,29,35)(H,30,31,32)/t12?,14-,15+/m0/s1. The Bertz CT molecular complexity index is 1430. The highest BCUT2D eigenvalue weighted by atomic mass is 35.5. The summed E-state index contributed by atoms with van der Waals surface area (Å²) in [7, 11) is 0. The predicted octanol–water partition coefficient (Wildman–Crippen LogP) is 2.53. The van der Waals surface area contributed by atoms with Crippen LogP contribution in [0.2, 0.25) is 5.02 Å². The minimum absolute atomic E-state index is 0.179. The fourth-order valence-corrected chi connectivity index (χ4v) is 5.45. The Hall–Kier alpha value is -2.99. The summed E-state index contributed by atoms with van der Waals surface area (Å²) in [6.45, 7) is 4.64. The molecule has 0 saturated carbocycles. The molecule has 188 valence electrons. The maximum absolute atomic E-state index is 12.7. The summed E-state index contributed by atoms with van der Waals surface area (Å²) in [5.41, 5.74) is 9.48. The molecule has 1 saturated heterocycles. The molecule has 0 spiro atoms. The lowest BCUT2D eigenvalue weighted by Gasteiger charge is -2.19. The summed E-state index contributed by atoms with van der Waals surface area (Å²) < 4.78 is 0. The zero-order chi connectivity index (χ0) is 25.4. The van der Waals surface area contributed by atoms with Crippen molar-refractivity contribution >= 4 is 57.2 Å². The van der Waals surface area contributed by atoms with E-state index in [0.717, 1.165) is 21.6 Å². The van der Waals surface area contributed by atoms with Crippen molar-refractivity contribution in [2.45, 2.75) is 42.5 Å². The van der Waals surface area contributed by atoms with Crippen LogP contribution in [-0.2, 0) is 11.2 Å². The van der Waals surface area contributed by atoms with E-state index in [1.807, 2.05) is 30.0 Å². The van der Waals surface area contributed by atoms with Crippen molar-refractivity contribution in [1.29, 1.82) is 0 Å². The highest BCUT2D eigenvalue weighted by Gasteiger charge is 2.37. The van der Waals surface area contributed by atoms with E-state index in [2.05, 4.69) is 20.3 Å². The quantitative estimate of drug-likeness (QED) is 0.267. The molecule has 4 aromatic heterocycles. The molecule has 1 amide bonds. The van der Waals surface area contributed by atoms with E-state index in [1.165, 1.54) is 11.8 Å². The number of halogens is 1. The van der Waals surface area contributed by atoms with E-state index in [0.29, 0.717) is 46.5 Å². The number of aliphatic hydroxyl groups excluding tert-OH is 1. The molecule has 0 radical (unpaired) electrons. The number of carbonyl (C=O) groups is 1. The second kappa shape index (κ2) is 10.2. The average Bonchev–Trinajstić information content (AvgIpc) is 3.41. The number of nitrogens with one attached hydrogen (secondary N) is 2. The topological polar surface area (TPSA) is 146 Å². The van der Waals surface area contributed by atoms with E-state index < -0.39 is 12.0 Å². The highest BCUT2D eigenvalue weighted by molar-refractivity contribution is 7.99. The molecule has 5 N–H and O–H groups in total. The van der Waals surface area contributed by atoms with Crippen molar-refractivity contribution in [3.63, 3.8) is 0 Å². The number of aromatic nitrogens is 5. The van der Waals surface area contributed by atoms with Crippen LogP contribution in [0, 0.1) is 5.92 Å². The number of hydrogen-bond acceptors (Lipinski definition) is 9. The average molecular weight is 527 g/mol. The van der Waals surface area contributed by atoms with E-state index in [1.54, 1.807) is 19.3 Å². The molecule has 12 heteroatoms. The Balaban J connectivity index is 1.50. The van der Waals surface area contributed by atoms with Gasteiger partial charge >= 0.3 is 0 Å². The SMILES string of the molecule is CCc1[nH]c2nc(Sc3cnc4cccnc4c3)nc(N3C[C@@H](N)[C@@H](C(=O)NCC(C)O)C3)c2c1Cl. The number of pyridine rings is 2. The third-order valence-corrected chi connectivity index (χ3v) is 7.43. The Morgan fingerprint density at radius 1 is 1.36 bits per heavy atom. The summed E-state index contributed by atoms with van der Waals surface area (Å²) in [5.74, 6) is 0.00976. The number of aromatic amines is 1. The van der Waals surface area contributed by atoms with Crippen molar-refractivity contribution in [1.82, 2.24) is 30.2 Å². The first-order valence-corrected chi connectivity index (χ1v) is 13.0. The van der Waals surface area contributed by atoms with E-state index in [-0.39, 0.29) is 18.5 Å². The van der Waals surface area contributed by atoms with Gasteiger partial charge in [0.15, 0.2) is 5.16 Å². The molecule has 10 nitrogen and oxygen atoms in total. The predicted molar refractivity (Wildman–Crippen MR) is 140 cm³/mol. The van der Waals surface area contributed by atoms with Crippen molar-refractivity contribution in [3.8, 4) is 0 Å². The molecule has 5 heterocycles. The number of nitrogens with two attached hydrogens (primary N) is 1. The zero-order valence-electron chi connectivity index (χ0n) is 19.9. The Labute approximate surface area is 217 Å². The van der Waals surface area contributed by atoms with Crippen molar-refractivity contribution < 1.29 is 9.90 Å². The first kappa shape index (κ1) is 24.7. The molecule has 1 fully saturated rings. The van der Waals surface area contributed by atoms with Gasteiger partial charge in [0.1, 0.15) is 11.5 Å². The van der Waals surface area contributed by atoms with Gasteiger partial charge < -0.3 is 26.0 Å². The van der Waals surface area contributed by atoms with Crippen LogP contribution in [-0.4, -0.2) is 67.7 Å². The zero-order valence-corrected chi connectivity index (χ0v) is 21.5. The van der Waals surface area contributed by atoms with E-state index in [4.69, 9.17) is 27.3 Å². The first-order chi connectivity index (χ1) is 17.3. The minimum atomic E-state index is -0.630. The second-order valence-electron chi connectivity index (χ2n) is 8.91. The molecule has 1 unspecified atom stereocenters. The lowest BCUT2D eigenvalue weighted by atomic mass is 10.0. The number of rotatable bonds is 7. The molecule has 36 heavy (non-hydrogen) atoms. The summed E-state index contributed by atoms with van der Waals surface area (Å²) in [5, 5.41) is 14.1. The maximum atomic E-state index is 12.7. The molecule has 4 aromatic rings. The Morgan fingerprint density at radius 3 is 2.97 bits per heavy atom. The van der Waals surface area contributed by atoms with Gasteiger partial charge in [-0.25, -0.2) is 9.97 Å². The Morgan fingerprint density at radius 2 is 2.19 bits per heavy atom. The third kappa shape index (κ3) is 4.83. The smallest absolute Gasteiger partial charge is 0.226 e. The molecular formula is C24H27ClN8O2S. The number of hydrogen-bond donors (Lipinski definition) is 4. The third-order valence-electron chi connectivity index (χ3n) is 6.19. The largest absolute Gasteiger partial charge is 0.392 e. The Kier molecular flexibility index (Phi) is 6.98. The van der Waals surface area contributed by atoms with Gasteiger partial charge in [-0.2, -0.15) is 0 Å². The van der Waals surface area contributed by atoms with Crippen LogP contribution in [0.1, 0.15) is 19.5 Å². The number of anilines is 1. The number of aliphatic hydroxyl groups is 1. The first-order valence-electron chi connectivity index (χ1n) is 11.8. The molecule has 0 bridgehead atoms. The summed E-state index contributed by atoms with van der Waals surface area (Å²) in [4.78, 5) is 37.4.